The Morgan fingerprint density at radius 1 is 1.06 bits per heavy atom. The molecule has 0 aliphatic carbocycles. The van der Waals surface area contributed by atoms with Crippen LogP contribution in [0.25, 0.3) is 5.69 Å². The van der Waals surface area contributed by atoms with Crippen molar-refractivity contribution in [2.75, 3.05) is 24.7 Å². The van der Waals surface area contributed by atoms with E-state index < -0.39 is 23.3 Å². The maximum Gasteiger partial charge on any atom is 0.414 e. The van der Waals surface area contributed by atoms with Crippen LogP contribution in [-0.4, -0.2) is 41.0 Å². The van der Waals surface area contributed by atoms with E-state index in [9.17, 15) is 19.2 Å². The van der Waals surface area contributed by atoms with Crippen LogP contribution in [0.15, 0.2) is 58.3 Å². The molecular weight excluding hydrogens is 497 g/mol. The molecule has 3 aromatic rings. The van der Waals surface area contributed by atoms with E-state index in [1.807, 2.05) is 0 Å². The van der Waals surface area contributed by atoms with E-state index in [4.69, 9.17) is 32.7 Å². The number of aromatic nitrogens is 2. The lowest BCUT2D eigenvalue weighted by molar-refractivity contribution is 0.0522. The standard InChI is InChI=1S/C24H21Cl2N3O6/c1-2-34-22(31)18-14-28(17-9-7-16(8-10-17)27-11-4-12-35-24(27)33)23(32)29(21(18)30)13-15-5-3-6-19(25)20(15)26/h3,5-10,14H,2,4,11-13H2,1H3. The molecular formula is C24H21Cl2N3O6. The lowest BCUT2D eigenvalue weighted by atomic mass is 10.2. The van der Waals surface area contributed by atoms with Gasteiger partial charge in [0.25, 0.3) is 5.56 Å². The van der Waals surface area contributed by atoms with Crippen molar-refractivity contribution >= 4 is 41.0 Å². The van der Waals surface area contributed by atoms with Crippen LogP contribution in [0.2, 0.25) is 10.0 Å². The lowest BCUT2D eigenvalue weighted by Crippen LogP contribution is -2.42. The first-order chi connectivity index (χ1) is 16.8. The van der Waals surface area contributed by atoms with Gasteiger partial charge in [-0.25, -0.2) is 14.4 Å². The highest BCUT2D eigenvalue weighted by Crippen LogP contribution is 2.26. The number of rotatable bonds is 6. The fourth-order valence-corrected chi connectivity index (χ4v) is 4.07. The Bertz CT molecular complexity index is 1400. The molecule has 0 radical (unpaired) electrons. The minimum absolute atomic E-state index is 0.0537. The molecule has 2 heterocycles. The van der Waals surface area contributed by atoms with Crippen molar-refractivity contribution in [2.45, 2.75) is 19.9 Å². The maximum absolute atomic E-state index is 13.4. The van der Waals surface area contributed by atoms with Crippen molar-refractivity contribution in [3.8, 4) is 5.69 Å². The Balaban J connectivity index is 1.81. The summed E-state index contributed by atoms with van der Waals surface area (Å²) in [5.41, 5.74) is -0.410. The maximum atomic E-state index is 13.4. The number of ether oxygens (including phenoxy) is 2. The summed E-state index contributed by atoms with van der Waals surface area (Å²) in [5, 5.41) is 0.470. The molecule has 0 spiro atoms. The first-order valence-electron chi connectivity index (χ1n) is 10.8. The van der Waals surface area contributed by atoms with Gasteiger partial charge in [0.1, 0.15) is 5.56 Å². The average molecular weight is 518 g/mol. The average Bonchev–Trinajstić information content (AvgIpc) is 2.85. The van der Waals surface area contributed by atoms with Crippen molar-refractivity contribution in [3.63, 3.8) is 0 Å². The minimum Gasteiger partial charge on any atom is -0.462 e. The van der Waals surface area contributed by atoms with Gasteiger partial charge >= 0.3 is 17.8 Å². The van der Waals surface area contributed by atoms with Crippen LogP contribution in [0.3, 0.4) is 0 Å². The number of esters is 1. The first kappa shape index (κ1) is 24.6. The molecule has 9 nitrogen and oxygen atoms in total. The van der Waals surface area contributed by atoms with E-state index in [0.29, 0.717) is 36.5 Å². The SMILES string of the molecule is CCOC(=O)c1cn(-c2ccc(N3CCCOC3=O)cc2)c(=O)n(Cc2cccc(Cl)c2Cl)c1=O. The monoisotopic (exact) mass is 517 g/mol. The van der Waals surface area contributed by atoms with Gasteiger partial charge in [-0.15, -0.1) is 0 Å². The van der Waals surface area contributed by atoms with Crippen LogP contribution in [0, 0.1) is 0 Å². The number of carbonyl (C=O) groups excluding carboxylic acids is 2. The molecule has 0 atom stereocenters. The molecule has 0 N–H and O–H groups in total. The summed E-state index contributed by atoms with van der Waals surface area (Å²) in [7, 11) is 0. The van der Waals surface area contributed by atoms with Gasteiger partial charge in [0.2, 0.25) is 0 Å². The van der Waals surface area contributed by atoms with Gasteiger partial charge in [0.05, 0.1) is 35.5 Å². The molecule has 1 fully saturated rings. The van der Waals surface area contributed by atoms with Gasteiger partial charge in [-0.3, -0.25) is 18.8 Å². The topological polar surface area (TPSA) is 99.8 Å². The van der Waals surface area contributed by atoms with Crippen LogP contribution >= 0.6 is 23.2 Å². The predicted molar refractivity (Wildman–Crippen MR) is 131 cm³/mol. The number of benzene rings is 2. The van der Waals surface area contributed by atoms with Gasteiger partial charge < -0.3 is 9.47 Å². The molecule has 1 amide bonds. The molecule has 0 unspecified atom stereocenters. The quantitative estimate of drug-likeness (QED) is 0.460. The molecule has 35 heavy (non-hydrogen) atoms. The second kappa shape index (κ2) is 10.4. The van der Waals surface area contributed by atoms with Crippen LogP contribution in [0.5, 0.6) is 0 Å². The van der Waals surface area contributed by atoms with Crippen molar-refractivity contribution in [1.29, 1.82) is 0 Å². The van der Waals surface area contributed by atoms with Gasteiger partial charge in [-0.2, -0.15) is 0 Å². The zero-order chi connectivity index (χ0) is 25.1. The van der Waals surface area contributed by atoms with Crippen molar-refractivity contribution < 1.29 is 19.1 Å². The second-order valence-electron chi connectivity index (χ2n) is 7.66. The molecule has 2 aromatic carbocycles. The third kappa shape index (κ3) is 4.96. The van der Waals surface area contributed by atoms with E-state index >= 15 is 0 Å². The number of hydrogen-bond donors (Lipinski definition) is 0. The summed E-state index contributed by atoms with van der Waals surface area (Å²) in [6, 6.07) is 11.4. The number of amides is 1. The molecule has 1 saturated heterocycles. The summed E-state index contributed by atoms with van der Waals surface area (Å²) in [6.07, 6.45) is 1.41. The summed E-state index contributed by atoms with van der Waals surface area (Å²) in [6.45, 7) is 2.34. The lowest BCUT2D eigenvalue weighted by Gasteiger charge is -2.26. The summed E-state index contributed by atoms with van der Waals surface area (Å²) in [4.78, 5) is 52.5. The molecule has 1 aliphatic heterocycles. The van der Waals surface area contributed by atoms with Crippen LogP contribution in [0.4, 0.5) is 10.5 Å². The minimum atomic E-state index is -0.857. The molecule has 0 saturated carbocycles. The van der Waals surface area contributed by atoms with Gasteiger partial charge in [0.15, 0.2) is 0 Å². The highest BCUT2D eigenvalue weighted by molar-refractivity contribution is 6.42. The smallest absolute Gasteiger partial charge is 0.414 e. The summed E-state index contributed by atoms with van der Waals surface area (Å²) in [5.74, 6) is -0.857. The van der Waals surface area contributed by atoms with Crippen molar-refractivity contribution in [1.82, 2.24) is 9.13 Å². The Labute approximate surface area is 210 Å². The summed E-state index contributed by atoms with van der Waals surface area (Å²) >= 11 is 12.4. The van der Waals surface area contributed by atoms with Crippen LogP contribution < -0.4 is 16.1 Å². The zero-order valence-corrected chi connectivity index (χ0v) is 20.2. The van der Waals surface area contributed by atoms with Crippen molar-refractivity contribution in [3.05, 3.63) is 90.7 Å². The molecule has 11 heteroatoms. The Hall–Kier alpha value is -3.56. The highest BCUT2D eigenvalue weighted by atomic mass is 35.5. The molecule has 0 bridgehead atoms. The Morgan fingerprint density at radius 2 is 1.77 bits per heavy atom. The van der Waals surface area contributed by atoms with E-state index in [1.54, 1.807) is 49.4 Å². The third-order valence-electron chi connectivity index (χ3n) is 5.44. The first-order valence-corrected chi connectivity index (χ1v) is 11.6. The Kier molecular flexibility index (Phi) is 7.28. The molecule has 4 rings (SSSR count). The number of cyclic esters (lactones) is 1. The van der Waals surface area contributed by atoms with Gasteiger partial charge in [-0.1, -0.05) is 35.3 Å². The fourth-order valence-electron chi connectivity index (χ4n) is 3.70. The largest absolute Gasteiger partial charge is 0.462 e. The predicted octanol–water partition coefficient (Wildman–Crippen LogP) is 3.88. The third-order valence-corrected chi connectivity index (χ3v) is 6.30. The number of anilines is 1. The highest BCUT2D eigenvalue weighted by Gasteiger charge is 2.23. The number of halogens is 2. The normalized spacial score (nSPS) is 13.5. The number of nitrogens with zero attached hydrogens (tertiary/aromatic N) is 3. The Morgan fingerprint density at radius 3 is 2.46 bits per heavy atom. The van der Waals surface area contributed by atoms with Gasteiger partial charge in [0, 0.05) is 18.4 Å². The molecule has 1 aromatic heterocycles. The number of carbonyl (C=O) groups is 2. The van der Waals surface area contributed by atoms with E-state index in [2.05, 4.69) is 0 Å². The summed E-state index contributed by atoms with van der Waals surface area (Å²) < 4.78 is 12.2. The van der Waals surface area contributed by atoms with Gasteiger partial charge in [-0.05, 0) is 49.2 Å². The molecule has 1 aliphatic rings. The van der Waals surface area contributed by atoms with E-state index in [0.717, 1.165) is 10.8 Å². The van der Waals surface area contributed by atoms with E-state index in [1.165, 1.54) is 9.47 Å². The molecule has 182 valence electrons. The van der Waals surface area contributed by atoms with E-state index in [-0.39, 0.29) is 28.8 Å². The fraction of sp³-hybridized carbons (Fsp3) is 0.250. The second-order valence-corrected chi connectivity index (χ2v) is 8.44. The van der Waals surface area contributed by atoms with Crippen molar-refractivity contribution in [2.24, 2.45) is 0 Å². The van der Waals surface area contributed by atoms with Crippen LogP contribution in [-0.2, 0) is 16.0 Å². The zero-order valence-electron chi connectivity index (χ0n) is 18.7. The number of hydrogen-bond acceptors (Lipinski definition) is 6. The van der Waals surface area contributed by atoms with Crippen LogP contribution in [0.1, 0.15) is 29.3 Å².